The molecule has 0 bridgehead atoms. The predicted octanol–water partition coefficient (Wildman–Crippen LogP) is 3.22. The first-order chi connectivity index (χ1) is 10.5. The average Bonchev–Trinajstić information content (AvgIpc) is 2.48. The molecule has 0 aromatic heterocycles. The van der Waals surface area contributed by atoms with E-state index in [2.05, 4.69) is 10.6 Å². The van der Waals surface area contributed by atoms with Crippen molar-refractivity contribution in [2.24, 2.45) is 0 Å². The van der Waals surface area contributed by atoms with Crippen molar-refractivity contribution in [1.82, 2.24) is 5.32 Å². The average molecular weight is 308 g/mol. The lowest BCUT2D eigenvalue weighted by molar-refractivity contribution is -0.116. The lowest BCUT2D eigenvalue weighted by Crippen LogP contribution is -2.21. The van der Waals surface area contributed by atoms with E-state index < -0.39 is 11.6 Å². The summed E-state index contributed by atoms with van der Waals surface area (Å²) >= 11 is 0. The smallest absolute Gasteiger partial charge is 0.225 e. The zero-order valence-electron chi connectivity index (χ0n) is 11.7. The number of hydrogen-bond donors (Lipinski definition) is 2. The molecule has 0 aliphatic rings. The number of benzene rings is 2. The van der Waals surface area contributed by atoms with Crippen molar-refractivity contribution in [2.45, 2.75) is 13.0 Å². The molecule has 0 heterocycles. The van der Waals surface area contributed by atoms with E-state index in [0.717, 1.165) is 11.6 Å². The quantitative estimate of drug-likeness (QED) is 0.805. The predicted molar refractivity (Wildman–Crippen MR) is 77.7 cm³/mol. The molecule has 2 aromatic carbocycles. The minimum atomic E-state index is -0.812. The lowest BCUT2D eigenvalue weighted by atomic mass is 10.2. The van der Waals surface area contributed by atoms with Crippen LogP contribution in [0.4, 0.5) is 18.9 Å². The van der Waals surface area contributed by atoms with Crippen LogP contribution in [0.15, 0.2) is 42.5 Å². The van der Waals surface area contributed by atoms with Crippen LogP contribution in [0.3, 0.4) is 0 Å². The first kappa shape index (κ1) is 16.0. The van der Waals surface area contributed by atoms with Gasteiger partial charge in [-0.1, -0.05) is 12.1 Å². The van der Waals surface area contributed by atoms with Crippen molar-refractivity contribution in [2.75, 3.05) is 11.9 Å². The molecule has 0 unspecified atom stereocenters. The van der Waals surface area contributed by atoms with Crippen LogP contribution >= 0.6 is 0 Å². The van der Waals surface area contributed by atoms with Gasteiger partial charge in [-0.25, -0.2) is 13.2 Å². The summed E-state index contributed by atoms with van der Waals surface area (Å²) in [6, 6.07) is 8.98. The van der Waals surface area contributed by atoms with E-state index in [9.17, 15) is 18.0 Å². The first-order valence-electron chi connectivity index (χ1n) is 6.74. The van der Waals surface area contributed by atoms with Gasteiger partial charge in [0.15, 0.2) is 0 Å². The Morgan fingerprint density at radius 3 is 2.32 bits per heavy atom. The van der Waals surface area contributed by atoms with Crippen LogP contribution < -0.4 is 10.6 Å². The first-order valence-corrected chi connectivity index (χ1v) is 6.74. The van der Waals surface area contributed by atoms with Gasteiger partial charge in [-0.15, -0.1) is 0 Å². The molecule has 2 N–H and O–H groups in total. The molecule has 0 radical (unpaired) electrons. The zero-order chi connectivity index (χ0) is 15.9. The third-order valence-corrected chi connectivity index (χ3v) is 2.98. The molecule has 0 aliphatic heterocycles. The van der Waals surface area contributed by atoms with E-state index in [4.69, 9.17) is 0 Å². The third-order valence-electron chi connectivity index (χ3n) is 2.98. The number of carbonyl (C=O) groups excluding carboxylic acids is 1. The summed E-state index contributed by atoms with van der Waals surface area (Å²) in [6.45, 7) is 0.879. The van der Waals surface area contributed by atoms with Gasteiger partial charge in [0.1, 0.15) is 17.5 Å². The second-order valence-corrected chi connectivity index (χ2v) is 4.73. The van der Waals surface area contributed by atoms with Crippen molar-refractivity contribution in [3.8, 4) is 0 Å². The van der Waals surface area contributed by atoms with E-state index in [-0.39, 0.29) is 23.8 Å². The van der Waals surface area contributed by atoms with Gasteiger partial charge in [-0.05, 0) is 29.8 Å². The van der Waals surface area contributed by atoms with Crippen molar-refractivity contribution in [3.63, 3.8) is 0 Å². The van der Waals surface area contributed by atoms with Crippen LogP contribution in [0.5, 0.6) is 0 Å². The number of halogens is 3. The van der Waals surface area contributed by atoms with Gasteiger partial charge >= 0.3 is 0 Å². The van der Waals surface area contributed by atoms with Crippen LogP contribution in [-0.2, 0) is 11.3 Å². The molecule has 3 nitrogen and oxygen atoms in total. The highest BCUT2D eigenvalue weighted by molar-refractivity contribution is 5.90. The number of rotatable bonds is 6. The number of anilines is 1. The van der Waals surface area contributed by atoms with Crippen LogP contribution in [0.1, 0.15) is 12.0 Å². The van der Waals surface area contributed by atoms with Gasteiger partial charge in [-0.3, -0.25) is 4.79 Å². The summed E-state index contributed by atoms with van der Waals surface area (Å²) < 4.78 is 38.8. The fraction of sp³-hybridized carbons (Fsp3) is 0.188. The highest BCUT2D eigenvalue weighted by Crippen LogP contribution is 2.14. The Morgan fingerprint density at radius 2 is 1.64 bits per heavy atom. The second kappa shape index (κ2) is 7.61. The van der Waals surface area contributed by atoms with Crippen LogP contribution in [-0.4, -0.2) is 12.5 Å². The number of nitrogens with one attached hydrogen (secondary N) is 2. The Morgan fingerprint density at radius 1 is 0.955 bits per heavy atom. The molecule has 116 valence electrons. The highest BCUT2D eigenvalue weighted by atomic mass is 19.1. The fourth-order valence-corrected chi connectivity index (χ4v) is 1.84. The summed E-state index contributed by atoms with van der Waals surface area (Å²) in [6.07, 6.45) is 0.137. The molecule has 0 saturated carbocycles. The number of amides is 1. The van der Waals surface area contributed by atoms with Crippen molar-refractivity contribution >= 4 is 11.6 Å². The Bertz CT molecular complexity index is 644. The molecule has 0 atom stereocenters. The Hall–Kier alpha value is -2.34. The maximum absolute atomic E-state index is 13.4. The molecule has 6 heteroatoms. The minimum Gasteiger partial charge on any atom is -0.324 e. The summed E-state index contributed by atoms with van der Waals surface area (Å²) in [4.78, 5) is 11.6. The van der Waals surface area contributed by atoms with E-state index in [0.29, 0.717) is 19.2 Å². The fourth-order valence-electron chi connectivity index (χ4n) is 1.84. The van der Waals surface area contributed by atoms with Crippen molar-refractivity contribution < 1.29 is 18.0 Å². The standard InChI is InChI=1S/C16H15F3N2O/c17-12-3-1-11(2-4-12)10-20-8-7-16(22)21-15-6-5-13(18)9-14(15)19/h1-6,9,20H,7-8,10H2,(H,21,22). The Labute approximate surface area is 126 Å². The molecule has 0 aliphatic carbocycles. The topological polar surface area (TPSA) is 41.1 Å². The molecule has 2 rings (SSSR count). The molecule has 0 spiro atoms. The third kappa shape index (κ3) is 4.89. The highest BCUT2D eigenvalue weighted by Gasteiger charge is 2.07. The molecule has 0 fully saturated rings. The summed E-state index contributed by atoms with van der Waals surface area (Å²) in [7, 11) is 0. The summed E-state index contributed by atoms with van der Waals surface area (Å²) in [5.74, 6) is -2.19. The van der Waals surface area contributed by atoms with Gasteiger partial charge < -0.3 is 10.6 Å². The minimum absolute atomic E-state index is 0.0510. The molecular weight excluding hydrogens is 293 g/mol. The van der Waals surface area contributed by atoms with E-state index >= 15 is 0 Å². The van der Waals surface area contributed by atoms with Crippen molar-refractivity contribution in [1.29, 1.82) is 0 Å². The van der Waals surface area contributed by atoms with Crippen LogP contribution in [0.2, 0.25) is 0 Å². The molecule has 22 heavy (non-hydrogen) atoms. The molecule has 1 amide bonds. The monoisotopic (exact) mass is 308 g/mol. The lowest BCUT2D eigenvalue weighted by Gasteiger charge is -2.07. The normalized spacial score (nSPS) is 10.5. The Kier molecular flexibility index (Phi) is 5.55. The second-order valence-electron chi connectivity index (χ2n) is 4.73. The van der Waals surface area contributed by atoms with Gasteiger partial charge in [0.05, 0.1) is 5.69 Å². The van der Waals surface area contributed by atoms with Gasteiger partial charge in [-0.2, -0.15) is 0 Å². The maximum atomic E-state index is 13.4. The molecule has 0 saturated heterocycles. The van der Waals surface area contributed by atoms with Gasteiger partial charge in [0, 0.05) is 25.6 Å². The summed E-state index contributed by atoms with van der Waals surface area (Å²) in [5, 5.41) is 5.40. The summed E-state index contributed by atoms with van der Waals surface area (Å²) in [5.41, 5.74) is 0.844. The van der Waals surface area contributed by atoms with Gasteiger partial charge in [0.25, 0.3) is 0 Å². The van der Waals surface area contributed by atoms with Gasteiger partial charge in [0.2, 0.25) is 5.91 Å². The van der Waals surface area contributed by atoms with Crippen LogP contribution in [0.25, 0.3) is 0 Å². The maximum Gasteiger partial charge on any atom is 0.225 e. The largest absolute Gasteiger partial charge is 0.324 e. The van der Waals surface area contributed by atoms with Crippen LogP contribution in [0, 0.1) is 17.5 Å². The SMILES string of the molecule is O=C(CCNCc1ccc(F)cc1)Nc1ccc(F)cc1F. The molecular formula is C16H15F3N2O. The Balaban J connectivity index is 1.72. The zero-order valence-corrected chi connectivity index (χ0v) is 11.7. The van der Waals surface area contributed by atoms with E-state index in [1.807, 2.05) is 0 Å². The van der Waals surface area contributed by atoms with E-state index in [1.165, 1.54) is 18.2 Å². The number of hydrogen-bond acceptors (Lipinski definition) is 2. The molecule has 2 aromatic rings. The van der Waals surface area contributed by atoms with E-state index in [1.54, 1.807) is 12.1 Å². The van der Waals surface area contributed by atoms with Crippen molar-refractivity contribution in [3.05, 3.63) is 65.5 Å². The number of carbonyl (C=O) groups is 1.